The molecule has 2 aromatic rings. The number of aromatic nitrogens is 2. The second kappa shape index (κ2) is 6.52. The van der Waals surface area contributed by atoms with Gasteiger partial charge >= 0.3 is 0 Å². The van der Waals surface area contributed by atoms with Crippen molar-refractivity contribution in [3.63, 3.8) is 0 Å². The van der Waals surface area contributed by atoms with Gasteiger partial charge in [-0.1, -0.05) is 12.1 Å². The van der Waals surface area contributed by atoms with E-state index in [0.717, 1.165) is 17.7 Å². The Hall–Kier alpha value is -1.88. The van der Waals surface area contributed by atoms with Crippen LogP contribution in [0.15, 0.2) is 30.6 Å². The van der Waals surface area contributed by atoms with Crippen molar-refractivity contribution in [2.24, 2.45) is 5.73 Å². The van der Waals surface area contributed by atoms with Gasteiger partial charge in [-0.3, -0.25) is 4.68 Å². The van der Waals surface area contributed by atoms with Crippen LogP contribution in [0.4, 0.5) is 4.39 Å². The van der Waals surface area contributed by atoms with Crippen LogP contribution in [0.3, 0.4) is 0 Å². The molecule has 0 saturated heterocycles. The molecule has 108 valence electrons. The van der Waals surface area contributed by atoms with Crippen molar-refractivity contribution in [1.29, 1.82) is 0 Å². The molecular formula is C15H20FN3O. The smallest absolute Gasteiger partial charge is 0.165 e. The van der Waals surface area contributed by atoms with Gasteiger partial charge in [-0.05, 0) is 31.9 Å². The third-order valence-electron chi connectivity index (χ3n) is 2.98. The number of nitrogens with two attached hydrogens (primary N) is 1. The SMILES string of the molecule is CCn1cc(COc2c(F)cccc2CC(C)N)cn1. The summed E-state index contributed by atoms with van der Waals surface area (Å²) in [5.41, 5.74) is 7.49. The van der Waals surface area contributed by atoms with Crippen LogP contribution in [0, 0.1) is 5.82 Å². The monoisotopic (exact) mass is 277 g/mol. The molecule has 0 radical (unpaired) electrons. The van der Waals surface area contributed by atoms with Crippen LogP contribution in [-0.4, -0.2) is 15.8 Å². The zero-order chi connectivity index (χ0) is 14.5. The summed E-state index contributed by atoms with van der Waals surface area (Å²) >= 11 is 0. The van der Waals surface area contributed by atoms with Crippen LogP contribution in [0.25, 0.3) is 0 Å². The van der Waals surface area contributed by atoms with Crippen molar-refractivity contribution in [2.75, 3.05) is 0 Å². The van der Waals surface area contributed by atoms with Crippen molar-refractivity contribution < 1.29 is 9.13 Å². The first-order chi connectivity index (χ1) is 9.60. The zero-order valence-corrected chi connectivity index (χ0v) is 11.8. The van der Waals surface area contributed by atoms with E-state index in [1.807, 2.05) is 30.8 Å². The molecule has 0 bridgehead atoms. The second-order valence-electron chi connectivity index (χ2n) is 4.90. The molecular weight excluding hydrogens is 257 g/mol. The van der Waals surface area contributed by atoms with E-state index in [4.69, 9.17) is 10.5 Å². The fourth-order valence-corrected chi connectivity index (χ4v) is 2.03. The molecule has 2 N–H and O–H groups in total. The second-order valence-corrected chi connectivity index (χ2v) is 4.90. The predicted molar refractivity (Wildman–Crippen MR) is 76.0 cm³/mol. The Balaban J connectivity index is 2.11. The summed E-state index contributed by atoms with van der Waals surface area (Å²) in [7, 11) is 0. The largest absolute Gasteiger partial charge is 0.485 e. The number of halogens is 1. The van der Waals surface area contributed by atoms with E-state index in [1.54, 1.807) is 12.3 Å². The molecule has 0 saturated carbocycles. The Morgan fingerprint density at radius 2 is 2.25 bits per heavy atom. The Labute approximate surface area is 118 Å². The predicted octanol–water partition coefficient (Wildman–Crippen LogP) is 2.51. The highest BCUT2D eigenvalue weighted by molar-refractivity contribution is 5.35. The van der Waals surface area contributed by atoms with Crippen molar-refractivity contribution in [1.82, 2.24) is 9.78 Å². The van der Waals surface area contributed by atoms with E-state index < -0.39 is 0 Å². The molecule has 1 aromatic heterocycles. The number of nitrogens with zero attached hydrogens (tertiary/aromatic N) is 2. The van der Waals surface area contributed by atoms with Crippen molar-refractivity contribution in [2.45, 2.75) is 39.5 Å². The minimum absolute atomic E-state index is 0.0398. The van der Waals surface area contributed by atoms with E-state index in [-0.39, 0.29) is 17.6 Å². The van der Waals surface area contributed by atoms with Gasteiger partial charge in [0.2, 0.25) is 0 Å². The third-order valence-corrected chi connectivity index (χ3v) is 2.98. The van der Waals surface area contributed by atoms with Gasteiger partial charge in [0.05, 0.1) is 6.20 Å². The van der Waals surface area contributed by atoms with Gasteiger partial charge in [-0.25, -0.2) is 4.39 Å². The van der Waals surface area contributed by atoms with Gasteiger partial charge in [0.15, 0.2) is 11.6 Å². The first kappa shape index (κ1) is 14.5. The number of hydrogen-bond donors (Lipinski definition) is 1. The zero-order valence-electron chi connectivity index (χ0n) is 11.8. The number of aryl methyl sites for hydroxylation is 1. The number of benzene rings is 1. The van der Waals surface area contributed by atoms with Crippen LogP contribution >= 0.6 is 0 Å². The molecule has 0 aliphatic heterocycles. The maximum Gasteiger partial charge on any atom is 0.165 e. The Kier molecular flexibility index (Phi) is 4.74. The normalized spacial score (nSPS) is 12.4. The first-order valence-electron chi connectivity index (χ1n) is 6.77. The lowest BCUT2D eigenvalue weighted by atomic mass is 10.1. The van der Waals surface area contributed by atoms with Gasteiger partial charge in [0.25, 0.3) is 0 Å². The van der Waals surface area contributed by atoms with Gasteiger partial charge < -0.3 is 10.5 Å². The highest BCUT2D eigenvalue weighted by Gasteiger charge is 2.12. The molecule has 1 unspecified atom stereocenters. The van der Waals surface area contributed by atoms with Crippen molar-refractivity contribution in [3.8, 4) is 5.75 Å². The standard InChI is InChI=1S/C15H20FN3O/c1-3-19-9-12(8-18-19)10-20-15-13(7-11(2)17)5-4-6-14(15)16/h4-6,8-9,11H,3,7,10,17H2,1-2H3. The van der Waals surface area contributed by atoms with E-state index in [9.17, 15) is 4.39 Å². The molecule has 1 atom stereocenters. The Bertz CT molecular complexity index is 566. The molecule has 0 amide bonds. The summed E-state index contributed by atoms with van der Waals surface area (Å²) < 4.78 is 21.3. The summed E-state index contributed by atoms with van der Waals surface area (Å²) in [5, 5.41) is 4.16. The summed E-state index contributed by atoms with van der Waals surface area (Å²) in [6, 6.07) is 4.88. The van der Waals surface area contributed by atoms with E-state index in [2.05, 4.69) is 5.10 Å². The summed E-state index contributed by atoms with van der Waals surface area (Å²) in [6.07, 6.45) is 4.21. The molecule has 20 heavy (non-hydrogen) atoms. The lowest BCUT2D eigenvalue weighted by Crippen LogP contribution is -2.18. The Morgan fingerprint density at radius 1 is 1.45 bits per heavy atom. The topological polar surface area (TPSA) is 53.1 Å². The van der Waals surface area contributed by atoms with Crippen LogP contribution in [0.1, 0.15) is 25.0 Å². The maximum absolute atomic E-state index is 13.9. The molecule has 0 aliphatic carbocycles. The molecule has 2 rings (SSSR count). The average molecular weight is 277 g/mol. The lowest BCUT2D eigenvalue weighted by molar-refractivity contribution is 0.286. The molecule has 0 aliphatic rings. The van der Waals surface area contributed by atoms with Gasteiger partial charge in [0.1, 0.15) is 6.61 Å². The van der Waals surface area contributed by atoms with Crippen LogP contribution < -0.4 is 10.5 Å². The Morgan fingerprint density at radius 3 is 2.90 bits per heavy atom. The first-order valence-corrected chi connectivity index (χ1v) is 6.77. The molecule has 4 nitrogen and oxygen atoms in total. The number of hydrogen-bond acceptors (Lipinski definition) is 3. The van der Waals surface area contributed by atoms with E-state index >= 15 is 0 Å². The molecule has 1 aromatic carbocycles. The van der Waals surface area contributed by atoms with Gasteiger partial charge in [-0.15, -0.1) is 0 Å². The summed E-state index contributed by atoms with van der Waals surface area (Å²) in [6.45, 7) is 5.00. The lowest BCUT2D eigenvalue weighted by Gasteiger charge is -2.13. The fraction of sp³-hybridized carbons (Fsp3) is 0.400. The molecule has 1 heterocycles. The average Bonchev–Trinajstić information content (AvgIpc) is 2.85. The van der Waals surface area contributed by atoms with Crippen LogP contribution in [-0.2, 0) is 19.6 Å². The van der Waals surface area contributed by atoms with E-state index in [1.165, 1.54) is 6.07 Å². The van der Waals surface area contributed by atoms with Crippen LogP contribution in [0.2, 0.25) is 0 Å². The summed E-state index contributed by atoms with van der Waals surface area (Å²) in [5.74, 6) is -0.0694. The number of ether oxygens (including phenoxy) is 1. The summed E-state index contributed by atoms with van der Waals surface area (Å²) in [4.78, 5) is 0. The van der Waals surface area contributed by atoms with E-state index in [0.29, 0.717) is 13.0 Å². The fourth-order valence-electron chi connectivity index (χ4n) is 2.03. The van der Waals surface area contributed by atoms with Crippen molar-refractivity contribution >= 4 is 0 Å². The minimum atomic E-state index is -0.356. The van der Waals surface area contributed by atoms with Crippen molar-refractivity contribution in [3.05, 3.63) is 47.5 Å². The molecule has 0 fully saturated rings. The molecule has 5 heteroatoms. The van der Waals surface area contributed by atoms with Crippen LogP contribution in [0.5, 0.6) is 5.75 Å². The maximum atomic E-state index is 13.9. The third kappa shape index (κ3) is 3.57. The number of rotatable bonds is 6. The molecule has 0 spiro atoms. The number of para-hydroxylation sites is 1. The highest BCUT2D eigenvalue weighted by Crippen LogP contribution is 2.24. The van der Waals surface area contributed by atoms with Gasteiger partial charge in [0, 0.05) is 24.3 Å². The quantitative estimate of drug-likeness (QED) is 0.882. The van der Waals surface area contributed by atoms with Gasteiger partial charge in [-0.2, -0.15) is 5.10 Å². The minimum Gasteiger partial charge on any atom is -0.485 e. The highest BCUT2D eigenvalue weighted by atomic mass is 19.1.